The third-order valence-electron chi connectivity index (χ3n) is 6.25. The average Bonchev–Trinajstić information content (AvgIpc) is 3.38. The Hall–Kier alpha value is -3.70. The quantitative estimate of drug-likeness (QED) is 0.363. The first-order valence-electron chi connectivity index (χ1n) is 11.8. The number of rotatable bonds is 7. The maximum Gasteiger partial charge on any atom is 0.202 e. The lowest BCUT2D eigenvalue weighted by molar-refractivity contribution is 0.179. The van der Waals surface area contributed by atoms with E-state index < -0.39 is 17.5 Å². The number of benzene rings is 2. The van der Waals surface area contributed by atoms with E-state index in [0.717, 1.165) is 30.6 Å². The third kappa shape index (κ3) is 5.23. The van der Waals surface area contributed by atoms with Crippen molar-refractivity contribution in [1.29, 1.82) is 0 Å². The number of piperidine rings is 1. The summed E-state index contributed by atoms with van der Waals surface area (Å²) in [5.41, 5.74) is 7.23. The van der Waals surface area contributed by atoms with E-state index in [1.807, 2.05) is 0 Å². The first-order chi connectivity index (χ1) is 17.9. The molecule has 5 rings (SSSR count). The zero-order valence-corrected chi connectivity index (χ0v) is 20.4. The average molecular weight is 530 g/mol. The van der Waals surface area contributed by atoms with Crippen LogP contribution in [0, 0.1) is 17.5 Å². The van der Waals surface area contributed by atoms with E-state index in [-0.39, 0.29) is 40.3 Å². The molecule has 2 aromatic heterocycles. The van der Waals surface area contributed by atoms with Crippen molar-refractivity contribution in [3.63, 3.8) is 0 Å². The number of halogens is 4. The second kappa shape index (κ2) is 10.7. The molecule has 37 heavy (non-hydrogen) atoms. The number of likely N-dealkylation sites (tertiary alicyclic amines) is 1. The van der Waals surface area contributed by atoms with Crippen molar-refractivity contribution in [2.24, 2.45) is 0 Å². The summed E-state index contributed by atoms with van der Waals surface area (Å²) in [5.74, 6) is -2.96. The Labute approximate surface area is 215 Å². The summed E-state index contributed by atoms with van der Waals surface area (Å²) in [6.07, 6.45) is 4.95. The lowest BCUT2D eigenvalue weighted by atomic mass is 10.0. The SMILES string of the molecule is Nc1ncc(-c2ccc(F)c(Cl)c2)cc1-c1nnnn1-c1ccc(OCCN2CCCCC2)c(F)c1F. The molecule has 1 fully saturated rings. The minimum atomic E-state index is -1.17. The molecular weight excluding hydrogens is 507 g/mol. The fourth-order valence-corrected chi connectivity index (χ4v) is 4.45. The molecule has 8 nitrogen and oxygen atoms in total. The van der Waals surface area contributed by atoms with Crippen LogP contribution >= 0.6 is 11.6 Å². The molecule has 3 heterocycles. The van der Waals surface area contributed by atoms with Gasteiger partial charge in [0.1, 0.15) is 23.9 Å². The molecule has 1 saturated heterocycles. The van der Waals surface area contributed by atoms with E-state index >= 15 is 4.39 Å². The van der Waals surface area contributed by atoms with Crippen LogP contribution in [0.5, 0.6) is 5.75 Å². The second-order valence-electron chi connectivity index (χ2n) is 8.66. The van der Waals surface area contributed by atoms with Crippen LogP contribution in [0.3, 0.4) is 0 Å². The van der Waals surface area contributed by atoms with Crippen molar-refractivity contribution in [2.75, 3.05) is 32.0 Å². The van der Waals surface area contributed by atoms with Crippen molar-refractivity contribution >= 4 is 17.4 Å². The van der Waals surface area contributed by atoms with Gasteiger partial charge in [0.25, 0.3) is 0 Å². The lowest BCUT2D eigenvalue weighted by Crippen LogP contribution is -2.33. The van der Waals surface area contributed by atoms with Gasteiger partial charge in [-0.05, 0) is 72.3 Å². The molecule has 0 aliphatic carbocycles. The number of nitrogens with two attached hydrogens (primary N) is 1. The lowest BCUT2D eigenvalue weighted by Gasteiger charge is -2.26. The summed E-state index contributed by atoms with van der Waals surface area (Å²) in [5, 5.41) is 11.4. The van der Waals surface area contributed by atoms with Gasteiger partial charge in [0.2, 0.25) is 5.82 Å². The normalized spacial score (nSPS) is 14.2. The molecule has 0 unspecified atom stereocenters. The van der Waals surface area contributed by atoms with Gasteiger partial charge in [0, 0.05) is 18.3 Å². The number of hydrogen-bond donors (Lipinski definition) is 1. The van der Waals surface area contributed by atoms with Crippen LogP contribution in [0.1, 0.15) is 19.3 Å². The van der Waals surface area contributed by atoms with Gasteiger partial charge < -0.3 is 10.5 Å². The Morgan fingerprint density at radius 1 is 0.973 bits per heavy atom. The summed E-state index contributed by atoms with van der Waals surface area (Å²) in [7, 11) is 0. The fraction of sp³-hybridized carbons (Fsp3) is 0.280. The van der Waals surface area contributed by atoms with E-state index in [2.05, 4.69) is 25.4 Å². The van der Waals surface area contributed by atoms with Gasteiger partial charge in [-0.15, -0.1) is 5.10 Å². The molecule has 0 radical (unpaired) electrons. The highest BCUT2D eigenvalue weighted by molar-refractivity contribution is 6.31. The molecule has 192 valence electrons. The molecule has 1 aliphatic heterocycles. The van der Waals surface area contributed by atoms with E-state index in [0.29, 0.717) is 17.7 Å². The van der Waals surface area contributed by atoms with Gasteiger partial charge in [0.05, 0.1) is 10.6 Å². The number of pyridine rings is 1. The minimum absolute atomic E-state index is 0.0390. The Bertz CT molecular complexity index is 1430. The standard InChI is InChI=1S/C25H23ClF3N7O/c26-18-13-15(4-5-19(18)27)16-12-17(24(30)31-14-16)25-32-33-34-36(25)20-6-7-21(23(29)22(20)28)37-11-10-35-8-2-1-3-9-35/h4-7,12-14H,1-3,8-11H2,(H2,30,31). The van der Waals surface area contributed by atoms with Gasteiger partial charge >= 0.3 is 0 Å². The highest BCUT2D eigenvalue weighted by Crippen LogP contribution is 2.32. The Morgan fingerprint density at radius 2 is 1.78 bits per heavy atom. The molecule has 0 spiro atoms. The van der Waals surface area contributed by atoms with Crippen molar-refractivity contribution in [3.05, 3.63) is 65.1 Å². The van der Waals surface area contributed by atoms with Gasteiger partial charge in [-0.1, -0.05) is 24.1 Å². The van der Waals surface area contributed by atoms with Crippen LogP contribution in [-0.2, 0) is 0 Å². The van der Waals surface area contributed by atoms with Gasteiger partial charge in [-0.3, -0.25) is 4.90 Å². The minimum Gasteiger partial charge on any atom is -0.489 e. The number of nitrogens with zero attached hydrogens (tertiary/aromatic N) is 6. The number of anilines is 1. The maximum atomic E-state index is 15.2. The van der Waals surface area contributed by atoms with Gasteiger partial charge in [0.15, 0.2) is 17.4 Å². The first kappa shape index (κ1) is 25.0. The Balaban J connectivity index is 1.42. The summed E-state index contributed by atoms with van der Waals surface area (Å²) in [6, 6.07) is 8.48. The smallest absolute Gasteiger partial charge is 0.202 e. The summed E-state index contributed by atoms with van der Waals surface area (Å²) in [4.78, 5) is 6.41. The van der Waals surface area contributed by atoms with Gasteiger partial charge in [-0.2, -0.15) is 9.07 Å². The van der Waals surface area contributed by atoms with Crippen LogP contribution in [0.2, 0.25) is 5.02 Å². The molecule has 4 aromatic rings. The second-order valence-corrected chi connectivity index (χ2v) is 9.07. The zero-order valence-electron chi connectivity index (χ0n) is 19.7. The largest absolute Gasteiger partial charge is 0.489 e. The highest BCUT2D eigenvalue weighted by atomic mass is 35.5. The topological polar surface area (TPSA) is 95.0 Å². The molecule has 2 aromatic carbocycles. The third-order valence-corrected chi connectivity index (χ3v) is 6.54. The molecule has 0 bridgehead atoms. The molecule has 0 saturated carbocycles. The van der Waals surface area contributed by atoms with E-state index in [1.165, 1.54) is 42.9 Å². The summed E-state index contributed by atoms with van der Waals surface area (Å²) >= 11 is 5.91. The van der Waals surface area contributed by atoms with E-state index in [1.54, 1.807) is 6.07 Å². The maximum absolute atomic E-state index is 15.2. The fourth-order valence-electron chi connectivity index (χ4n) is 4.27. The number of tetrazole rings is 1. The van der Waals surface area contributed by atoms with Crippen molar-refractivity contribution < 1.29 is 17.9 Å². The molecular formula is C25H23ClF3N7O. The first-order valence-corrected chi connectivity index (χ1v) is 12.1. The van der Waals surface area contributed by atoms with E-state index in [4.69, 9.17) is 22.1 Å². The number of ether oxygens (including phenoxy) is 1. The molecule has 12 heteroatoms. The number of aromatic nitrogens is 5. The molecule has 0 atom stereocenters. The van der Waals surface area contributed by atoms with Crippen LogP contribution in [0.15, 0.2) is 42.6 Å². The zero-order chi connectivity index (χ0) is 25.9. The molecule has 2 N–H and O–H groups in total. The Kier molecular flexibility index (Phi) is 7.24. The number of nitrogen functional groups attached to an aromatic ring is 1. The van der Waals surface area contributed by atoms with Crippen molar-refractivity contribution in [2.45, 2.75) is 19.3 Å². The monoisotopic (exact) mass is 529 g/mol. The van der Waals surface area contributed by atoms with E-state index in [9.17, 15) is 8.78 Å². The van der Waals surface area contributed by atoms with Crippen LogP contribution in [-0.4, -0.2) is 56.3 Å². The van der Waals surface area contributed by atoms with Gasteiger partial charge in [-0.25, -0.2) is 13.8 Å². The predicted octanol–water partition coefficient (Wildman–Crippen LogP) is 4.91. The van der Waals surface area contributed by atoms with Crippen molar-refractivity contribution in [1.82, 2.24) is 30.1 Å². The highest BCUT2D eigenvalue weighted by Gasteiger charge is 2.22. The van der Waals surface area contributed by atoms with Crippen LogP contribution < -0.4 is 10.5 Å². The Morgan fingerprint density at radius 3 is 2.57 bits per heavy atom. The predicted molar refractivity (Wildman–Crippen MR) is 133 cm³/mol. The summed E-state index contributed by atoms with van der Waals surface area (Å²) in [6.45, 7) is 2.85. The van der Waals surface area contributed by atoms with Crippen LogP contribution in [0.4, 0.5) is 19.0 Å². The molecule has 0 amide bonds. The van der Waals surface area contributed by atoms with Crippen LogP contribution in [0.25, 0.3) is 28.2 Å². The molecule has 1 aliphatic rings. The van der Waals surface area contributed by atoms with Crippen molar-refractivity contribution in [3.8, 4) is 34.0 Å². The number of hydrogen-bond acceptors (Lipinski definition) is 7. The summed E-state index contributed by atoms with van der Waals surface area (Å²) < 4.78 is 50.2.